The smallest absolute Gasteiger partial charge is 0.150 e. The van der Waals surface area contributed by atoms with Crippen LogP contribution in [0.25, 0.3) is 0 Å². The number of hydrogen-bond acceptors (Lipinski definition) is 15. The molecule has 2 unspecified atom stereocenters. The topological polar surface area (TPSA) is 229 Å². The van der Waals surface area contributed by atoms with Gasteiger partial charge in [0.1, 0.15) is 35.6 Å². The molecule has 2 atom stereocenters. The van der Waals surface area contributed by atoms with Crippen LogP contribution in [0.2, 0.25) is 0 Å². The molecule has 16 heteroatoms. The van der Waals surface area contributed by atoms with Crippen LogP contribution in [-0.2, 0) is 18.9 Å². The van der Waals surface area contributed by atoms with Gasteiger partial charge in [-0.15, -0.1) is 0 Å². The zero-order valence-corrected chi connectivity index (χ0v) is 46.6. The number of phenolic OH excluding ortho intramolecular Hbond substituents is 1. The molecular formula is C63H90BN2O13. The van der Waals surface area contributed by atoms with Crippen LogP contribution >= 0.6 is 0 Å². The fourth-order valence-electron chi connectivity index (χ4n) is 7.08. The quantitative estimate of drug-likeness (QED) is 0.0519. The zero-order valence-electron chi connectivity index (χ0n) is 46.6. The number of phenols is 1. The Kier molecular flexibility index (Phi) is 37.4. The highest BCUT2D eigenvalue weighted by Crippen LogP contribution is 2.32. The Morgan fingerprint density at radius 2 is 0.861 bits per heavy atom. The van der Waals surface area contributed by atoms with Gasteiger partial charge in [0.15, 0.2) is 0 Å². The summed E-state index contributed by atoms with van der Waals surface area (Å²) in [5.74, 6) is 5.43. The first-order valence-electron chi connectivity index (χ1n) is 28.5. The first-order valence-corrected chi connectivity index (χ1v) is 28.5. The monoisotopic (exact) mass is 1090 g/mol. The minimum atomic E-state index is -0.713. The van der Waals surface area contributed by atoms with E-state index in [1.54, 1.807) is 24.3 Å². The predicted octanol–water partition coefficient (Wildman–Crippen LogP) is 10.6. The number of nitrogens with zero attached hydrogens (tertiary/aromatic N) is 1. The van der Waals surface area contributed by atoms with E-state index in [1.807, 2.05) is 66.7 Å². The number of aromatic hydroxyl groups is 1. The van der Waals surface area contributed by atoms with Crippen molar-refractivity contribution in [1.29, 1.82) is 5.26 Å². The lowest BCUT2D eigenvalue weighted by molar-refractivity contribution is 0.111. The van der Waals surface area contributed by atoms with E-state index in [2.05, 4.69) is 0 Å². The molecule has 6 N–H and O–H groups in total. The van der Waals surface area contributed by atoms with Gasteiger partial charge in [0.05, 0.1) is 44.5 Å². The van der Waals surface area contributed by atoms with Gasteiger partial charge in [-0.05, 0) is 186 Å². The first-order chi connectivity index (χ1) is 38.2. The van der Waals surface area contributed by atoms with Crippen LogP contribution in [0.3, 0.4) is 0 Å². The number of nitrogens with two attached hydrogens (primary N) is 1. The average molecular weight is 1090 g/mol. The first kappa shape index (κ1) is 67.9. The summed E-state index contributed by atoms with van der Waals surface area (Å²) in [6.07, 6.45) is 20.7. The van der Waals surface area contributed by atoms with Crippen LogP contribution in [0.1, 0.15) is 153 Å². The molecule has 15 nitrogen and oxygen atoms in total. The minimum Gasteiger partial charge on any atom is -0.508 e. The number of carbonyl (C=O) groups excluding carboxylic acids is 2. The molecule has 0 aromatic heterocycles. The number of carbonyl (C=O) groups is 2. The molecule has 3 radical (unpaired) electrons. The van der Waals surface area contributed by atoms with E-state index < -0.39 is 12.2 Å². The molecule has 4 aromatic carbocycles. The highest BCUT2D eigenvalue weighted by Gasteiger charge is 2.23. The summed E-state index contributed by atoms with van der Waals surface area (Å²) in [6.45, 7) is 11.0. The van der Waals surface area contributed by atoms with Crippen molar-refractivity contribution in [3.63, 3.8) is 0 Å². The second-order valence-electron chi connectivity index (χ2n) is 20.3. The standard InChI is InChI=1S/C13H15NO2.C12H17NO2.C11H12O2.C7H6O2.5C4H8O.B/c14-7-6-13(15)11-2-1-3-12(8-11)16-9-10-4-5-10;13-7-12(14)10-2-1-3-11(6-10)15-8-9-4-5-9;12-7-10-2-1-3-11(6-10)13-8-9-4-5-9;8-5-6-2-1-3-7(9)4-6;5-3-4-1-2-4;4*1-2-4-5-3-1;/h1-3,8,10,13,15H,4-6,9H2;1-3,6,9,12,14H,4-5,7-8,13H2;1-3,6-7,9H,4-5,8H2;1-5,9H;4-5H,1-3H2;4*1-4H2;. The largest absolute Gasteiger partial charge is 0.508 e. The van der Waals surface area contributed by atoms with E-state index in [0.29, 0.717) is 35.9 Å². The summed E-state index contributed by atoms with van der Waals surface area (Å²) < 4.78 is 36.5. The summed E-state index contributed by atoms with van der Waals surface area (Å²) >= 11 is 0. The number of ether oxygens (including phenoxy) is 7. The van der Waals surface area contributed by atoms with Crippen molar-refractivity contribution in [2.75, 3.05) is 85.8 Å². The molecule has 433 valence electrons. The third-order valence-corrected chi connectivity index (χ3v) is 12.8. The Labute approximate surface area is 472 Å². The van der Waals surface area contributed by atoms with E-state index in [9.17, 15) is 19.8 Å². The third-order valence-electron chi connectivity index (χ3n) is 12.8. The molecule has 4 saturated carbocycles. The summed E-state index contributed by atoms with van der Waals surface area (Å²) in [5.41, 5.74) is 8.14. The van der Waals surface area contributed by atoms with Crippen LogP contribution in [0, 0.1) is 35.0 Å². The zero-order chi connectivity index (χ0) is 55.7. The van der Waals surface area contributed by atoms with E-state index in [1.165, 1.54) is 115 Å². The number of aliphatic hydroxyl groups excluding tert-OH is 3. The molecule has 4 heterocycles. The molecule has 12 rings (SSSR count). The molecule has 0 spiro atoms. The third kappa shape index (κ3) is 35.8. The van der Waals surface area contributed by atoms with Crippen LogP contribution in [0.5, 0.6) is 23.0 Å². The van der Waals surface area contributed by atoms with Crippen molar-refractivity contribution >= 4 is 21.0 Å². The molecule has 4 aliphatic carbocycles. The molecule has 4 aliphatic heterocycles. The summed E-state index contributed by atoms with van der Waals surface area (Å²) in [5, 5.41) is 44.7. The number of aldehydes is 2. The number of benzene rings is 4. The van der Waals surface area contributed by atoms with Gasteiger partial charge in [-0.2, -0.15) is 5.26 Å². The highest BCUT2D eigenvalue weighted by molar-refractivity contribution is 5.76. The molecule has 8 fully saturated rings. The summed E-state index contributed by atoms with van der Waals surface area (Å²) in [7, 11) is 0. The fourth-order valence-corrected chi connectivity index (χ4v) is 7.08. The summed E-state index contributed by atoms with van der Waals surface area (Å²) in [6, 6.07) is 30.3. The molecule has 8 aliphatic rings. The summed E-state index contributed by atoms with van der Waals surface area (Å²) in [4.78, 5) is 20.5. The Balaban J connectivity index is 0.000000243. The molecule has 4 aromatic rings. The van der Waals surface area contributed by atoms with Crippen molar-refractivity contribution in [2.24, 2.45) is 29.4 Å². The maximum atomic E-state index is 10.5. The highest BCUT2D eigenvalue weighted by atomic mass is 16.5. The molecule has 0 bridgehead atoms. The average Bonchev–Trinajstić information content (AvgIpc) is 4.49. The van der Waals surface area contributed by atoms with Gasteiger partial charge in [-0.3, -0.25) is 9.59 Å². The minimum absolute atomic E-state index is 0. The number of hydrogen-bond donors (Lipinski definition) is 5. The fraction of sp³-hybridized carbons (Fsp3) is 0.571. The van der Waals surface area contributed by atoms with E-state index >= 15 is 0 Å². The lowest BCUT2D eigenvalue weighted by Gasteiger charge is -2.10. The van der Waals surface area contributed by atoms with Crippen LogP contribution < -0.4 is 19.9 Å². The maximum absolute atomic E-state index is 10.5. The molecule has 79 heavy (non-hydrogen) atoms. The maximum Gasteiger partial charge on any atom is 0.150 e. The van der Waals surface area contributed by atoms with Gasteiger partial charge in [0.25, 0.3) is 0 Å². The van der Waals surface area contributed by atoms with Crippen LogP contribution in [0.4, 0.5) is 0 Å². The molecular weight excluding hydrogens is 1000 g/mol. The predicted molar refractivity (Wildman–Crippen MR) is 308 cm³/mol. The number of rotatable bonds is 16. The second kappa shape index (κ2) is 43.5. The Morgan fingerprint density at radius 1 is 0.519 bits per heavy atom. The van der Waals surface area contributed by atoms with Gasteiger partial charge in [0, 0.05) is 85.5 Å². The van der Waals surface area contributed by atoms with E-state index in [-0.39, 0.29) is 27.1 Å². The van der Waals surface area contributed by atoms with Crippen molar-refractivity contribution < 1.29 is 63.2 Å². The number of aliphatic hydroxyl groups is 3. The Bertz CT molecular complexity index is 2130. The van der Waals surface area contributed by atoms with E-state index in [0.717, 1.165) is 119 Å². The Morgan fingerprint density at radius 3 is 1.14 bits per heavy atom. The van der Waals surface area contributed by atoms with Gasteiger partial charge in [0.2, 0.25) is 0 Å². The van der Waals surface area contributed by atoms with Crippen LogP contribution in [0.15, 0.2) is 97.1 Å². The number of nitriles is 1. The lowest BCUT2D eigenvalue weighted by atomic mass is 10.1. The van der Waals surface area contributed by atoms with Crippen molar-refractivity contribution in [3.8, 4) is 29.1 Å². The SMILES string of the molecule is C1CCOC1.C1CCOC1.C1CCOC1.C1CCOC1.N#CCC(O)c1cccc(OCC2CC2)c1.NCC(O)c1cccc(OCC2CC2)c1.O=Cc1cccc(O)c1.O=Cc1cccc(OCC2CC2)c1.OCC1CC1.[B]. The van der Waals surface area contributed by atoms with Crippen molar-refractivity contribution in [1.82, 2.24) is 0 Å². The van der Waals surface area contributed by atoms with Gasteiger partial charge in [-0.25, -0.2) is 0 Å². The molecule has 4 saturated heterocycles. The molecule has 0 amide bonds. The van der Waals surface area contributed by atoms with Crippen LogP contribution in [-0.4, -0.2) is 127 Å². The van der Waals surface area contributed by atoms with Crippen molar-refractivity contribution in [2.45, 2.75) is 121 Å². The van der Waals surface area contributed by atoms with Gasteiger partial charge >= 0.3 is 0 Å². The van der Waals surface area contributed by atoms with Gasteiger partial charge < -0.3 is 59.3 Å². The lowest BCUT2D eigenvalue weighted by Crippen LogP contribution is -2.11. The Hall–Kier alpha value is -5.35. The van der Waals surface area contributed by atoms with E-state index in [4.69, 9.17) is 54.4 Å². The van der Waals surface area contributed by atoms with Crippen molar-refractivity contribution in [3.05, 3.63) is 119 Å². The van der Waals surface area contributed by atoms with Gasteiger partial charge in [-0.1, -0.05) is 48.5 Å². The normalized spacial score (nSPS) is 17.8. The second-order valence-corrected chi connectivity index (χ2v) is 20.3.